The Bertz CT molecular complexity index is 311. The van der Waals surface area contributed by atoms with Crippen molar-refractivity contribution in [1.82, 2.24) is 10.1 Å². The molecule has 0 N–H and O–H groups in total. The predicted octanol–water partition coefficient (Wildman–Crippen LogP) is 0.712. The molecule has 0 aromatic carbocycles. The fraction of sp³-hybridized carbons (Fsp3) is 0.667. The topological polar surface area (TPSA) is 74.5 Å². The summed E-state index contributed by atoms with van der Waals surface area (Å²) < 4.78 is 14.7. The Labute approximate surface area is 87.6 Å². The van der Waals surface area contributed by atoms with Gasteiger partial charge in [-0.25, -0.2) is 0 Å². The van der Waals surface area contributed by atoms with E-state index in [-0.39, 0.29) is 18.3 Å². The van der Waals surface area contributed by atoms with Gasteiger partial charge in [-0.2, -0.15) is 4.98 Å². The highest BCUT2D eigenvalue weighted by molar-refractivity contribution is 5.71. The highest BCUT2D eigenvalue weighted by Crippen LogP contribution is 2.01. The summed E-state index contributed by atoms with van der Waals surface area (Å²) in [6.45, 7) is 4.84. The molecule has 0 unspecified atom stereocenters. The van der Waals surface area contributed by atoms with Gasteiger partial charge in [0.25, 0.3) is 0 Å². The minimum Gasteiger partial charge on any atom is -0.466 e. The van der Waals surface area contributed by atoms with Crippen molar-refractivity contribution >= 4 is 5.97 Å². The molecule has 0 bridgehead atoms. The van der Waals surface area contributed by atoms with Crippen molar-refractivity contribution in [3.05, 3.63) is 11.7 Å². The molecular formula is C9H14N2O4. The highest BCUT2D eigenvalue weighted by atomic mass is 16.5. The fourth-order valence-electron chi connectivity index (χ4n) is 0.949. The minimum atomic E-state index is -0.371. The summed E-state index contributed by atoms with van der Waals surface area (Å²) in [5.41, 5.74) is 0. The van der Waals surface area contributed by atoms with E-state index in [2.05, 4.69) is 10.1 Å². The molecule has 84 valence electrons. The van der Waals surface area contributed by atoms with E-state index in [9.17, 15) is 4.79 Å². The molecule has 1 aromatic heterocycles. The molecule has 6 heteroatoms. The van der Waals surface area contributed by atoms with E-state index in [0.29, 0.717) is 25.6 Å². The van der Waals surface area contributed by atoms with E-state index in [0.717, 1.165) is 0 Å². The molecule has 1 aromatic rings. The zero-order chi connectivity index (χ0) is 11.1. The summed E-state index contributed by atoms with van der Waals surface area (Å²) >= 11 is 0. The SMILES string of the molecule is CCOCc1noc(CC(=O)OCC)n1. The minimum absolute atomic E-state index is 0.00691. The van der Waals surface area contributed by atoms with E-state index in [4.69, 9.17) is 14.0 Å². The van der Waals surface area contributed by atoms with Crippen LogP contribution in [0.3, 0.4) is 0 Å². The second-order valence-electron chi connectivity index (χ2n) is 2.72. The molecule has 0 fully saturated rings. The van der Waals surface area contributed by atoms with Gasteiger partial charge in [0.05, 0.1) is 6.61 Å². The molecule has 1 rings (SSSR count). The molecule has 0 aliphatic heterocycles. The lowest BCUT2D eigenvalue weighted by molar-refractivity contribution is -0.142. The van der Waals surface area contributed by atoms with Crippen LogP contribution in [0.1, 0.15) is 25.6 Å². The molecule has 0 spiro atoms. The van der Waals surface area contributed by atoms with Crippen LogP contribution in [0.2, 0.25) is 0 Å². The Hall–Kier alpha value is -1.43. The van der Waals surface area contributed by atoms with Gasteiger partial charge in [0, 0.05) is 6.61 Å². The zero-order valence-corrected chi connectivity index (χ0v) is 8.86. The first kappa shape index (κ1) is 11.6. The lowest BCUT2D eigenvalue weighted by Gasteiger charge is -1.96. The fourth-order valence-corrected chi connectivity index (χ4v) is 0.949. The van der Waals surface area contributed by atoms with Gasteiger partial charge in [-0.05, 0) is 13.8 Å². The normalized spacial score (nSPS) is 10.3. The van der Waals surface area contributed by atoms with Gasteiger partial charge in [0.1, 0.15) is 13.0 Å². The summed E-state index contributed by atoms with van der Waals surface area (Å²) in [6.07, 6.45) is 0.00691. The van der Waals surface area contributed by atoms with Crippen LogP contribution in [0.4, 0.5) is 0 Å². The van der Waals surface area contributed by atoms with Gasteiger partial charge in [-0.15, -0.1) is 0 Å². The third kappa shape index (κ3) is 4.07. The van der Waals surface area contributed by atoms with E-state index >= 15 is 0 Å². The summed E-state index contributed by atoms with van der Waals surface area (Å²) in [6, 6.07) is 0. The Morgan fingerprint density at radius 1 is 1.40 bits per heavy atom. The van der Waals surface area contributed by atoms with Crippen LogP contribution >= 0.6 is 0 Å². The van der Waals surface area contributed by atoms with Crippen LogP contribution in [0.15, 0.2) is 4.52 Å². The Morgan fingerprint density at radius 2 is 2.20 bits per heavy atom. The lowest BCUT2D eigenvalue weighted by Crippen LogP contribution is -2.07. The van der Waals surface area contributed by atoms with Gasteiger partial charge in [0.15, 0.2) is 5.82 Å². The van der Waals surface area contributed by atoms with Crippen LogP contribution in [-0.4, -0.2) is 29.3 Å². The second-order valence-corrected chi connectivity index (χ2v) is 2.72. The number of carbonyl (C=O) groups is 1. The molecule has 0 amide bonds. The molecule has 0 saturated heterocycles. The molecule has 1 heterocycles. The predicted molar refractivity (Wildman–Crippen MR) is 50.0 cm³/mol. The van der Waals surface area contributed by atoms with Crippen LogP contribution in [0, 0.1) is 0 Å². The molecule has 0 aliphatic rings. The van der Waals surface area contributed by atoms with Gasteiger partial charge in [-0.1, -0.05) is 5.16 Å². The number of esters is 1. The standard InChI is InChI=1S/C9H14N2O4/c1-3-13-6-7-10-8(15-11-7)5-9(12)14-4-2/h3-6H2,1-2H3. The average molecular weight is 214 g/mol. The summed E-state index contributed by atoms with van der Waals surface area (Å²) in [5.74, 6) is 0.323. The summed E-state index contributed by atoms with van der Waals surface area (Å²) in [5, 5.41) is 3.65. The van der Waals surface area contributed by atoms with Gasteiger partial charge >= 0.3 is 5.97 Å². The number of ether oxygens (including phenoxy) is 2. The summed E-state index contributed by atoms with van der Waals surface area (Å²) in [7, 11) is 0. The lowest BCUT2D eigenvalue weighted by atomic mass is 10.4. The Morgan fingerprint density at radius 3 is 2.87 bits per heavy atom. The average Bonchev–Trinajstić information content (AvgIpc) is 2.63. The zero-order valence-electron chi connectivity index (χ0n) is 8.86. The maximum atomic E-state index is 11.1. The van der Waals surface area contributed by atoms with Crippen LogP contribution in [0.5, 0.6) is 0 Å². The third-order valence-corrected chi connectivity index (χ3v) is 1.55. The van der Waals surface area contributed by atoms with Crippen LogP contribution < -0.4 is 0 Å². The van der Waals surface area contributed by atoms with Crippen molar-refractivity contribution in [1.29, 1.82) is 0 Å². The molecular weight excluding hydrogens is 200 g/mol. The van der Waals surface area contributed by atoms with Crippen LogP contribution in [0.25, 0.3) is 0 Å². The smallest absolute Gasteiger partial charge is 0.315 e. The first-order valence-corrected chi connectivity index (χ1v) is 4.81. The van der Waals surface area contributed by atoms with Gasteiger partial charge in [0.2, 0.25) is 5.89 Å². The first-order chi connectivity index (χ1) is 7.26. The van der Waals surface area contributed by atoms with Gasteiger partial charge in [-0.3, -0.25) is 4.79 Å². The monoisotopic (exact) mass is 214 g/mol. The van der Waals surface area contributed by atoms with E-state index in [1.165, 1.54) is 0 Å². The molecule has 0 saturated carbocycles. The number of carbonyl (C=O) groups excluding carboxylic acids is 1. The Balaban J connectivity index is 2.42. The van der Waals surface area contributed by atoms with Crippen molar-refractivity contribution in [2.75, 3.05) is 13.2 Å². The third-order valence-electron chi connectivity index (χ3n) is 1.55. The van der Waals surface area contributed by atoms with Crippen molar-refractivity contribution in [3.8, 4) is 0 Å². The number of hydrogen-bond donors (Lipinski definition) is 0. The maximum Gasteiger partial charge on any atom is 0.315 e. The molecule has 0 aliphatic carbocycles. The Kier molecular flexibility index (Phi) is 4.76. The molecule has 0 radical (unpaired) electrons. The van der Waals surface area contributed by atoms with Gasteiger partial charge < -0.3 is 14.0 Å². The van der Waals surface area contributed by atoms with Crippen molar-refractivity contribution in [2.45, 2.75) is 26.9 Å². The largest absolute Gasteiger partial charge is 0.466 e. The number of aromatic nitrogens is 2. The number of hydrogen-bond acceptors (Lipinski definition) is 6. The van der Waals surface area contributed by atoms with Crippen LogP contribution in [-0.2, 0) is 27.3 Å². The van der Waals surface area contributed by atoms with Crippen molar-refractivity contribution < 1.29 is 18.8 Å². The van der Waals surface area contributed by atoms with Crippen molar-refractivity contribution in [2.24, 2.45) is 0 Å². The second kappa shape index (κ2) is 6.13. The first-order valence-electron chi connectivity index (χ1n) is 4.81. The maximum absolute atomic E-state index is 11.1. The molecule has 6 nitrogen and oxygen atoms in total. The quantitative estimate of drug-likeness (QED) is 0.649. The molecule has 15 heavy (non-hydrogen) atoms. The van der Waals surface area contributed by atoms with E-state index in [1.807, 2.05) is 6.92 Å². The highest BCUT2D eigenvalue weighted by Gasteiger charge is 2.11. The van der Waals surface area contributed by atoms with E-state index in [1.54, 1.807) is 6.92 Å². The number of rotatable bonds is 6. The van der Waals surface area contributed by atoms with Crippen molar-refractivity contribution in [3.63, 3.8) is 0 Å². The molecule has 0 atom stereocenters. The van der Waals surface area contributed by atoms with E-state index < -0.39 is 0 Å². The summed E-state index contributed by atoms with van der Waals surface area (Å²) in [4.78, 5) is 15.0. The number of nitrogens with zero attached hydrogens (tertiary/aromatic N) is 2.